The van der Waals surface area contributed by atoms with Gasteiger partial charge in [-0.15, -0.1) is 45.3 Å². The normalized spacial score (nSPS) is 20.4. The van der Waals surface area contributed by atoms with Gasteiger partial charge in [-0.3, -0.25) is 38.4 Å². The number of benzene rings is 4. The second kappa shape index (κ2) is 21.5. The molecule has 4 heterocycles. The van der Waals surface area contributed by atoms with Crippen LogP contribution in [0.4, 0.5) is 10.0 Å². The van der Waals surface area contributed by atoms with Crippen molar-refractivity contribution in [2.24, 2.45) is 33.7 Å². The number of esters is 4. The summed E-state index contributed by atoms with van der Waals surface area (Å²) in [5.41, 5.74) is -1.82. The van der Waals surface area contributed by atoms with Gasteiger partial charge < -0.3 is 18.9 Å². The predicted octanol–water partition coefficient (Wildman–Crippen LogP) is 12.7. The number of hydrogen-bond donors (Lipinski definition) is 0. The zero-order valence-corrected chi connectivity index (χ0v) is 48.2. The Labute approximate surface area is 497 Å². The number of aliphatic imine (C=N–C) groups is 2. The average Bonchev–Trinajstić information content (AvgIpc) is 1.54. The fourth-order valence-electron chi connectivity index (χ4n) is 13.2. The number of fused-ring (bicyclic) bond motifs is 11. The zero-order chi connectivity index (χ0) is 57.4. The van der Waals surface area contributed by atoms with Gasteiger partial charge in [0.1, 0.15) is 36.4 Å². The van der Waals surface area contributed by atoms with Crippen LogP contribution in [0.3, 0.4) is 0 Å². The Morgan fingerprint density at radius 3 is 0.940 bits per heavy atom. The topological polar surface area (TPSA) is 198 Å². The van der Waals surface area contributed by atoms with Crippen molar-refractivity contribution in [1.29, 1.82) is 0 Å². The number of thiophene rings is 4. The van der Waals surface area contributed by atoms with Crippen molar-refractivity contribution >= 4 is 123 Å². The molecule has 6 aliphatic carbocycles. The Kier molecular flexibility index (Phi) is 13.8. The summed E-state index contributed by atoms with van der Waals surface area (Å²) in [4.78, 5) is 131. The van der Waals surface area contributed by atoms with E-state index in [1.165, 1.54) is 0 Å². The van der Waals surface area contributed by atoms with Crippen LogP contribution in [-0.2, 0) is 94.6 Å². The van der Waals surface area contributed by atoms with Gasteiger partial charge in [0.15, 0.2) is 34.6 Å². The summed E-state index contributed by atoms with van der Waals surface area (Å²) >= 11 is 4.52. The molecule has 14 rings (SSSR count). The van der Waals surface area contributed by atoms with E-state index in [2.05, 4.69) is 0 Å². The standard InChI is InChI=1S/C66H50N2O12S4/c69-51-39-25-13-14-26-40(39)52(70)49(51)67-45-29-43-55(81-45)57-47(65(43,61(73)77-31-35-17-5-1-6-18-35)62(74)78-32-36-19-7-2-8-20-36)59-60(83-57)48-58(84-59)56-44(30-46(82-56)68-50-53(71)41-27-15-16-28-42(41)54(50)72)66(48,63(75)79-33-37-21-9-3-10-22-37)64(76)80-34-38-23-11-4-12-24-38/h1-12,17-24,29-30,39-42H,13-16,25-28,31-34H2. The van der Waals surface area contributed by atoms with Crippen LogP contribution in [0.25, 0.3) is 28.9 Å². The van der Waals surface area contributed by atoms with E-state index in [1.807, 2.05) is 24.3 Å². The van der Waals surface area contributed by atoms with Crippen LogP contribution in [0.1, 0.15) is 95.9 Å². The molecule has 84 heavy (non-hydrogen) atoms. The van der Waals surface area contributed by atoms with Crippen molar-refractivity contribution in [2.45, 2.75) is 88.6 Å². The Morgan fingerprint density at radius 2 is 0.667 bits per heavy atom. The summed E-state index contributed by atoms with van der Waals surface area (Å²) in [5.74, 6) is -7.05. The van der Waals surface area contributed by atoms with Crippen LogP contribution in [0.5, 0.6) is 0 Å². The molecule has 420 valence electrons. The van der Waals surface area contributed by atoms with Gasteiger partial charge in [-0.25, -0.2) is 9.98 Å². The maximum Gasteiger partial charge on any atom is 0.333 e. The molecule has 4 atom stereocenters. The lowest BCUT2D eigenvalue weighted by Gasteiger charge is -2.27. The molecule has 18 heteroatoms. The van der Waals surface area contributed by atoms with E-state index in [-0.39, 0.29) is 93.2 Å². The minimum absolute atomic E-state index is 0.163. The van der Waals surface area contributed by atoms with Gasteiger partial charge in [0, 0.05) is 45.9 Å². The second-order valence-electron chi connectivity index (χ2n) is 22.0. The van der Waals surface area contributed by atoms with E-state index in [0.717, 1.165) is 71.0 Å². The van der Waals surface area contributed by atoms with Crippen molar-refractivity contribution in [1.82, 2.24) is 0 Å². The summed E-state index contributed by atoms with van der Waals surface area (Å²) in [6.45, 7) is -0.955. The molecule has 0 bridgehead atoms. The highest BCUT2D eigenvalue weighted by molar-refractivity contribution is 7.35. The molecule has 4 aromatic carbocycles. The van der Waals surface area contributed by atoms with Crippen LogP contribution < -0.4 is 0 Å². The molecule has 0 aliphatic heterocycles. The molecule has 8 aromatic rings. The molecule has 0 amide bonds. The highest BCUT2D eigenvalue weighted by atomic mass is 32.1. The number of nitrogens with zero attached hydrogens (tertiary/aromatic N) is 2. The Morgan fingerprint density at radius 1 is 0.393 bits per heavy atom. The largest absolute Gasteiger partial charge is 0.459 e. The number of ketones is 4. The number of carbonyl (C=O) groups excluding carboxylic acids is 8. The third-order valence-electron chi connectivity index (χ3n) is 17.3. The van der Waals surface area contributed by atoms with E-state index < -0.39 is 58.4 Å². The maximum atomic E-state index is 15.9. The maximum absolute atomic E-state index is 15.9. The van der Waals surface area contributed by atoms with E-state index >= 15 is 19.2 Å². The first kappa shape index (κ1) is 53.8. The van der Waals surface area contributed by atoms with Gasteiger partial charge in [0.05, 0.1) is 28.9 Å². The van der Waals surface area contributed by atoms with Crippen molar-refractivity contribution < 1.29 is 57.3 Å². The minimum atomic E-state index is -2.39. The second-order valence-corrected chi connectivity index (χ2v) is 26.1. The number of ether oxygens (including phenoxy) is 4. The highest BCUT2D eigenvalue weighted by Crippen LogP contribution is 2.68. The number of hydrogen-bond acceptors (Lipinski definition) is 18. The average molecular weight is 1190 g/mol. The van der Waals surface area contributed by atoms with Crippen molar-refractivity contribution in [3.8, 4) is 19.5 Å². The molecule has 14 nitrogen and oxygen atoms in total. The van der Waals surface area contributed by atoms with Crippen LogP contribution in [0.15, 0.2) is 143 Å². The Balaban J connectivity index is 1.000. The van der Waals surface area contributed by atoms with Gasteiger partial charge >= 0.3 is 23.9 Å². The SMILES string of the molecule is O=C1C(=Nc2cc3c(s2)-c2sc4c5c(sc4c2C3(C(=O)OCc2ccccc2)C(=O)OCc2ccccc2)-c2sc(N=C3C(=O)C4CCCCC4C3=O)cc2C5(C(=O)OCc2ccccc2)C(=O)OCc2ccccc2)C(=O)C2CCCCC12. The summed E-state index contributed by atoms with van der Waals surface area (Å²) in [5, 5.41) is 0.411. The first-order chi connectivity index (χ1) is 41.0. The number of rotatable bonds is 14. The molecule has 4 fully saturated rings. The summed E-state index contributed by atoms with van der Waals surface area (Å²) in [6, 6.07) is 39.1. The lowest BCUT2D eigenvalue weighted by Crippen LogP contribution is -2.46. The van der Waals surface area contributed by atoms with Crippen LogP contribution in [0, 0.1) is 23.7 Å². The molecule has 4 unspecified atom stereocenters. The van der Waals surface area contributed by atoms with Gasteiger partial charge in [-0.05, 0) is 60.1 Å². The Hall–Kier alpha value is -8.16. The van der Waals surface area contributed by atoms with E-state index in [9.17, 15) is 19.2 Å². The fraction of sp³-hybridized carbons (Fsp3) is 0.273. The minimum Gasteiger partial charge on any atom is -0.459 e. The molecule has 0 N–H and O–H groups in total. The van der Waals surface area contributed by atoms with Gasteiger partial charge in [0.2, 0.25) is 10.8 Å². The quantitative estimate of drug-likeness (QED) is 0.0568. The summed E-state index contributed by atoms with van der Waals surface area (Å²) in [6.07, 6.45) is 5.64. The monoisotopic (exact) mass is 1190 g/mol. The summed E-state index contributed by atoms with van der Waals surface area (Å²) < 4.78 is 25.9. The van der Waals surface area contributed by atoms with Gasteiger partial charge in [-0.2, -0.15) is 0 Å². The van der Waals surface area contributed by atoms with Crippen LogP contribution >= 0.6 is 45.3 Å². The zero-order valence-electron chi connectivity index (χ0n) is 44.9. The number of carbonyl (C=O) groups is 8. The molecule has 4 aromatic heterocycles. The van der Waals surface area contributed by atoms with E-state index in [1.54, 1.807) is 109 Å². The lowest BCUT2D eigenvalue weighted by atomic mass is 9.77. The molecule has 0 radical (unpaired) electrons. The van der Waals surface area contributed by atoms with Crippen molar-refractivity contribution in [3.05, 3.63) is 178 Å². The van der Waals surface area contributed by atoms with E-state index in [4.69, 9.17) is 28.9 Å². The van der Waals surface area contributed by atoms with Crippen molar-refractivity contribution in [3.63, 3.8) is 0 Å². The first-order valence-corrected chi connectivity index (χ1v) is 31.3. The molecule has 6 aliphatic rings. The van der Waals surface area contributed by atoms with Gasteiger partial charge in [-0.1, -0.05) is 147 Å². The van der Waals surface area contributed by atoms with E-state index in [0.29, 0.717) is 76.8 Å². The molecule has 0 spiro atoms. The molecular weight excluding hydrogens is 1140 g/mol. The lowest BCUT2D eigenvalue weighted by molar-refractivity contribution is -0.166. The van der Waals surface area contributed by atoms with Gasteiger partial charge in [0.25, 0.3) is 0 Å². The fourth-order valence-corrected chi connectivity index (χ4v) is 18.8. The van der Waals surface area contributed by atoms with Crippen LogP contribution in [0.2, 0.25) is 0 Å². The number of Topliss-reactive ketones (excluding diaryl/α,β-unsaturated/α-hetero) is 4. The highest BCUT2D eigenvalue weighted by Gasteiger charge is 2.65. The third-order valence-corrected chi connectivity index (χ3v) is 22.2. The summed E-state index contributed by atoms with van der Waals surface area (Å²) in [7, 11) is 0. The third kappa shape index (κ3) is 8.57. The first-order valence-electron chi connectivity index (χ1n) is 28.0. The van der Waals surface area contributed by atoms with Crippen LogP contribution in [-0.4, -0.2) is 58.4 Å². The molecular formula is C66H50N2O12S4. The smallest absolute Gasteiger partial charge is 0.333 e. The molecule has 4 saturated carbocycles. The Bertz CT molecular complexity index is 3710. The van der Waals surface area contributed by atoms with Crippen molar-refractivity contribution in [2.75, 3.05) is 0 Å². The molecule has 0 saturated heterocycles. The predicted molar refractivity (Wildman–Crippen MR) is 318 cm³/mol.